The minimum Gasteiger partial charge on any atom is -0.507 e. The molecule has 3 aromatic rings. The van der Waals surface area contributed by atoms with Crippen LogP contribution in [0, 0.1) is 6.92 Å². The van der Waals surface area contributed by atoms with Gasteiger partial charge in [-0.1, -0.05) is 17.7 Å². The first kappa shape index (κ1) is 21.7. The van der Waals surface area contributed by atoms with Gasteiger partial charge in [-0.3, -0.25) is 14.5 Å². The van der Waals surface area contributed by atoms with Crippen LogP contribution in [0.3, 0.4) is 0 Å². The maximum absolute atomic E-state index is 13.1. The maximum atomic E-state index is 13.1. The van der Waals surface area contributed by atoms with Crippen LogP contribution in [0.2, 0.25) is 5.02 Å². The topological polar surface area (TPSA) is 80.0 Å². The molecule has 1 aromatic heterocycles. The van der Waals surface area contributed by atoms with Crippen molar-refractivity contribution < 1.29 is 23.8 Å². The van der Waals surface area contributed by atoms with Crippen molar-refractivity contribution in [1.82, 2.24) is 0 Å². The van der Waals surface area contributed by atoms with E-state index in [4.69, 9.17) is 20.8 Å². The minimum atomic E-state index is -0.935. The highest BCUT2D eigenvalue weighted by atomic mass is 35.5. The predicted molar refractivity (Wildman–Crippen MR) is 122 cm³/mol. The van der Waals surface area contributed by atoms with Crippen molar-refractivity contribution in [3.63, 3.8) is 0 Å². The van der Waals surface area contributed by atoms with Gasteiger partial charge in [-0.25, -0.2) is 0 Å². The molecule has 164 valence electrons. The zero-order chi connectivity index (χ0) is 23.0. The summed E-state index contributed by atoms with van der Waals surface area (Å²) in [5.74, 6) is -0.881. The molecule has 1 atom stereocenters. The lowest BCUT2D eigenvalue weighted by Gasteiger charge is -2.23. The van der Waals surface area contributed by atoms with Crippen molar-refractivity contribution in [3.05, 3.63) is 88.3 Å². The molecule has 1 fully saturated rings. The number of ether oxygens (including phenoxy) is 1. The fourth-order valence-electron chi connectivity index (χ4n) is 3.67. The molecule has 0 radical (unpaired) electrons. The molecule has 4 rings (SSSR count). The number of rotatable bonds is 5. The zero-order valence-electron chi connectivity index (χ0n) is 17.8. The summed E-state index contributed by atoms with van der Waals surface area (Å²) in [4.78, 5) is 27.4. The molecule has 2 aromatic carbocycles. The molecular formula is C25H22ClNO5. The Morgan fingerprint density at radius 2 is 1.84 bits per heavy atom. The molecule has 7 heteroatoms. The third kappa shape index (κ3) is 3.89. The van der Waals surface area contributed by atoms with Crippen molar-refractivity contribution >= 4 is 34.7 Å². The number of Topliss-reactive ketones (excluding diaryl/α,β-unsaturated/α-hetero) is 1. The van der Waals surface area contributed by atoms with E-state index in [1.165, 1.54) is 11.2 Å². The monoisotopic (exact) mass is 451 g/mol. The Kier molecular flexibility index (Phi) is 5.80. The maximum Gasteiger partial charge on any atom is 0.300 e. The van der Waals surface area contributed by atoms with Gasteiger partial charge in [0.2, 0.25) is 0 Å². The number of halogens is 1. The highest BCUT2D eigenvalue weighted by Gasteiger charge is 2.48. The molecule has 0 saturated carbocycles. The van der Waals surface area contributed by atoms with E-state index in [-0.39, 0.29) is 17.4 Å². The molecule has 0 bridgehead atoms. The zero-order valence-corrected chi connectivity index (χ0v) is 18.6. The van der Waals surface area contributed by atoms with Gasteiger partial charge in [-0.2, -0.15) is 0 Å². The van der Waals surface area contributed by atoms with E-state index in [1.807, 2.05) is 20.8 Å². The average molecular weight is 452 g/mol. The number of anilines is 1. The van der Waals surface area contributed by atoms with Crippen LogP contribution in [0.1, 0.15) is 36.8 Å². The molecule has 32 heavy (non-hydrogen) atoms. The minimum absolute atomic E-state index is 0.0000530. The highest BCUT2D eigenvalue weighted by Crippen LogP contribution is 2.43. The van der Waals surface area contributed by atoms with Crippen molar-refractivity contribution in [2.45, 2.75) is 32.9 Å². The van der Waals surface area contributed by atoms with Crippen LogP contribution >= 0.6 is 11.6 Å². The number of ketones is 1. The summed E-state index contributed by atoms with van der Waals surface area (Å²) in [6.45, 7) is 5.67. The predicted octanol–water partition coefficient (Wildman–Crippen LogP) is 5.65. The Morgan fingerprint density at radius 1 is 1.12 bits per heavy atom. The van der Waals surface area contributed by atoms with Gasteiger partial charge < -0.3 is 14.3 Å². The number of aliphatic hydroxyl groups excluding tert-OH is 1. The summed E-state index contributed by atoms with van der Waals surface area (Å²) in [5, 5.41) is 11.5. The van der Waals surface area contributed by atoms with Gasteiger partial charge in [0.15, 0.2) is 0 Å². The normalized spacial score (nSPS) is 17.9. The van der Waals surface area contributed by atoms with E-state index in [2.05, 4.69) is 0 Å². The van der Waals surface area contributed by atoms with Gasteiger partial charge in [0.25, 0.3) is 11.7 Å². The second kappa shape index (κ2) is 8.55. The lowest BCUT2D eigenvalue weighted by molar-refractivity contribution is -0.132. The van der Waals surface area contributed by atoms with Crippen LogP contribution in [-0.2, 0) is 9.59 Å². The number of benzene rings is 2. The van der Waals surface area contributed by atoms with E-state index in [0.29, 0.717) is 27.8 Å². The molecule has 1 saturated heterocycles. The second-order valence-electron chi connectivity index (χ2n) is 7.81. The molecule has 1 unspecified atom stereocenters. The standard InChI is InChI=1S/C25H22ClNO5/c1-14(2)32-18-10-7-16(8-11-18)23(28)21-22(20-5-4-12-31-20)27(25(30)24(21)29)17-9-6-15(3)19(26)13-17/h4-14,22,28H,1-3H3/b23-21-. The number of hydrogen-bond donors (Lipinski definition) is 1. The van der Waals surface area contributed by atoms with E-state index >= 15 is 0 Å². The summed E-state index contributed by atoms with van der Waals surface area (Å²) in [6.07, 6.45) is 1.45. The Labute approximate surface area is 190 Å². The van der Waals surface area contributed by atoms with Gasteiger partial charge in [-0.05, 0) is 74.9 Å². The van der Waals surface area contributed by atoms with Crippen LogP contribution in [0.5, 0.6) is 5.75 Å². The molecule has 0 spiro atoms. The Hall–Kier alpha value is -3.51. The lowest BCUT2D eigenvalue weighted by Crippen LogP contribution is -2.29. The van der Waals surface area contributed by atoms with Gasteiger partial charge in [-0.15, -0.1) is 0 Å². The fourth-order valence-corrected chi connectivity index (χ4v) is 3.84. The number of hydrogen-bond acceptors (Lipinski definition) is 5. The Bertz CT molecular complexity index is 1200. The lowest BCUT2D eigenvalue weighted by atomic mass is 9.99. The van der Waals surface area contributed by atoms with Crippen LogP contribution in [-0.4, -0.2) is 22.9 Å². The van der Waals surface area contributed by atoms with E-state index in [1.54, 1.807) is 54.6 Å². The number of aliphatic hydroxyl groups is 1. The van der Waals surface area contributed by atoms with Gasteiger partial charge >= 0.3 is 0 Å². The highest BCUT2D eigenvalue weighted by molar-refractivity contribution is 6.51. The Balaban J connectivity index is 1.84. The van der Waals surface area contributed by atoms with Gasteiger partial charge in [0.1, 0.15) is 23.3 Å². The average Bonchev–Trinajstić information content (AvgIpc) is 3.37. The quantitative estimate of drug-likeness (QED) is 0.308. The summed E-state index contributed by atoms with van der Waals surface area (Å²) in [5.41, 5.74) is 1.60. The molecule has 2 heterocycles. The van der Waals surface area contributed by atoms with Crippen molar-refractivity contribution in [2.75, 3.05) is 4.90 Å². The van der Waals surface area contributed by atoms with E-state index in [0.717, 1.165) is 5.56 Å². The summed E-state index contributed by atoms with van der Waals surface area (Å²) >= 11 is 6.27. The third-order valence-corrected chi connectivity index (χ3v) is 5.60. The first-order chi connectivity index (χ1) is 15.3. The third-order valence-electron chi connectivity index (χ3n) is 5.19. The largest absolute Gasteiger partial charge is 0.507 e. The number of furan rings is 1. The van der Waals surface area contributed by atoms with Crippen molar-refractivity contribution in [2.24, 2.45) is 0 Å². The molecule has 1 amide bonds. The summed E-state index contributed by atoms with van der Waals surface area (Å²) in [6, 6.07) is 14.2. The molecule has 6 nitrogen and oxygen atoms in total. The van der Waals surface area contributed by atoms with Crippen molar-refractivity contribution in [1.29, 1.82) is 0 Å². The van der Waals surface area contributed by atoms with Crippen LogP contribution in [0.15, 0.2) is 70.9 Å². The van der Waals surface area contributed by atoms with E-state index in [9.17, 15) is 14.7 Å². The Morgan fingerprint density at radius 3 is 2.44 bits per heavy atom. The molecule has 0 aliphatic carbocycles. The number of aryl methyl sites for hydroxylation is 1. The SMILES string of the molecule is Cc1ccc(N2C(=O)C(=O)/C(=C(\O)c3ccc(OC(C)C)cc3)C2c2ccco2)cc1Cl. The first-order valence-electron chi connectivity index (χ1n) is 10.2. The molecule has 1 aliphatic heterocycles. The number of carbonyl (C=O) groups excluding carboxylic acids is 2. The number of amides is 1. The summed E-state index contributed by atoms with van der Waals surface area (Å²) in [7, 11) is 0. The second-order valence-corrected chi connectivity index (χ2v) is 8.22. The fraction of sp³-hybridized carbons (Fsp3) is 0.200. The van der Waals surface area contributed by atoms with E-state index < -0.39 is 17.7 Å². The first-order valence-corrected chi connectivity index (χ1v) is 10.5. The molecular weight excluding hydrogens is 430 g/mol. The molecule has 1 N–H and O–H groups in total. The van der Waals surface area contributed by atoms with Crippen LogP contribution in [0.4, 0.5) is 5.69 Å². The van der Waals surface area contributed by atoms with Crippen molar-refractivity contribution in [3.8, 4) is 5.75 Å². The van der Waals surface area contributed by atoms with Gasteiger partial charge in [0.05, 0.1) is 17.9 Å². The number of carbonyl (C=O) groups is 2. The summed E-state index contributed by atoms with van der Waals surface area (Å²) < 4.78 is 11.2. The van der Waals surface area contributed by atoms with Crippen LogP contribution < -0.4 is 9.64 Å². The smallest absolute Gasteiger partial charge is 0.300 e. The number of nitrogens with zero attached hydrogens (tertiary/aromatic N) is 1. The van der Waals surface area contributed by atoms with Crippen LogP contribution in [0.25, 0.3) is 5.76 Å². The van der Waals surface area contributed by atoms with Gasteiger partial charge in [0, 0.05) is 16.3 Å². The molecule has 1 aliphatic rings.